The van der Waals surface area contributed by atoms with Crippen LogP contribution in [0.15, 0.2) is 73.3 Å². The zero-order chi connectivity index (χ0) is 37.2. The topological polar surface area (TPSA) is 122 Å². The van der Waals surface area contributed by atoms with Gasteiger partial charge in [-0.2, -0.15) is 0 Å². The van der Waals surface area contributed by atoms with Crippen LogP contribution in [0, 0.1) is 0 Å². The molecular weight excluding hydrogens is 695 g/mol. The van der Waals surface area contributed by atoms with Crippen LogP contribution >= 0.6 is 0 Å². The predicted molar refractivity (Wildman–Crippen MR) is 208 cm³/mol. The number of benzene rings is 4. The highest BCUT2D eigenvalue weighted by Gasteiger charge is 2.37. The molecule has 0 saturated heterocycles. The number of nitrogens with zero attached hydrogens (tertiary/aromatic N) is 6. The molecule has 5 aliphatic heterocycles. The van der Waals surface area contributed by atoms with E-state index in [-0.39, 0.29) is 12.1 Å². The number of hydrogen-bond donors (Lipinski definition) is 1. The number of imidazole rings is 1. The third kappa shape index (κ3) is 5.87. The summed E-state index contributed by atoms with van der Waals surface area (Å²) in [5.41, 5.74) is 14.7. The molecule has 2 N–H and O–H groups in total. The lowest BCUT2D eigenvalue weighted by Crippen LogP contribution is -2.37. The van der Waals surface area contributed by atoms with Crippen molar-refractivity contribution < 1.29 is 23.7 Å². The van der Waals surface area contributed by atoms with E-state index in [1.54, 1.807) is 14.2 Å². The Morgan fingerprint density at radius 2 is 1.53 bits per heavy atom. The Morgan fingerprint density at radius 1 is 0.745 bits per heavy atom. The summed E-state index contributed by atoms with van der Waals surface area (Å²) in [6.45, 7) is 3.44. The van der Waals surface area contributed by atoms with Gasteiger partial charge >= 0.3 is 0 Å². The molecule has 0 fully saturated rings. The van der Waals surface area contributed by atoms with E-state index < -0.39 is 0 Å². The van der Waals surface area contributed by atoms with Gasteiger partial charge in [-0.15, -0.1) is 0 Å². The summed E-state index contributed by atoms with van der Waals surface area (Å²) >= 11 is 0. The molecule has 4 aromatic carbocycles. The van der Waals surface area contributed by atoms with Crippen molar-refractivity contribution >= 4 is 17.0 Å². The zero-order valence-electron chi connectivity index (χ0n) is 31.2. The van der Waals surface area contributed by atoms with Gasteiger partial charge in [-0.25, -0.2) is 15.0 Å². The molecule has 280 valence electrons. The third-order valence-corrected chi connectivity index (χ3v) is 11.8. The SMILES string of the molecule is COc1ccc2cc1Oc1ccc(cc1)C[C@H]1c3c(cc(OC)c4c3Oc3cc5c(cc3O4)CCN(CCCn3cnc4c(N)ncnc43)[C@H]5C2)CCN1C. The Hall–Kier alpha value is -5.85. The molecule has 55 heavy (non-hydrogen) atoms. The Kier molecular flexibility index (Phi) is 8.25. The van der Waals surface area contributed by atoms with Crippen LogP contribution < -0.4 is 29.4 Å². The number of likely N-dealkylation sites (N-methyl/N-ethyl adjacent to an activating group) is 1. The number of rotatable bonds is 6. The lowest BCUT2D eigenvalue weighted by molar-refractivity contribution is 0.178. The van der Waals surface area contributed by atoms with Crippen molar-refractivity contribution in [1.82, 2.24) is 29.3 Å². The second kappa shape index (κ2) is 13.5. The Morgan fingerprint density at radius 3 is 2.38 bits per heavy atom. The van der Waals surface area contributed by atoms with E-state index in [4.69, 9.17) is 29.4 Å². The van der Waals surface area contributed by atoms with Crippen LogP contribution in [0.25, 0.3) is 11.2 Å². The summed E-state index contributed by atoms with van der Waals surface area (Å²) in [5, 5.41) is 0. The number of aromatic nitrogens is 4. The number of aryl methyl sites for hydroxylation is 1. The van der Waals surface area contributed by atoms with Gasteiger partial charge in [0.25, 0.3) is 0 Å². The summed E-state index contributed by atoms with van der Waals surface area (Å²) < 4.78 is 34.2. The zero-order valence-corrected chi connectivity index (χ0v) is 31.2. The van der Waals surface area contributed by atoms with Crippen LogP contribution in [0.1, 0.15) is 51.9 Å². The molecule has 2 atom stereocenters. The largest absolute Gasteiger partial charge is 0.493 e. The second-order valence-electron chi connectivity index (χ2n) is 14.9. The van der Waals surface area contributed by atoms with Crippen LogP contribution in [0.3, 0.4) is 0 Å². The summed E-state index contributed by atoms with van der Waals surface area (Å²) in [4.78, 5) is 18.1. The fourth-order valence-corrected chi connectivity index (χ4v) is 8.88. The fraction of sp³-hybridized carbons (Fsp3) is 0.326. The van der Waals surface area contributed by atoms with Gasteiger partial charge in [0.1, 0.15) is 17.6 Å². The molecule has 0 amide bonds. The smallest absolute Gasteiger partial charge is 0.212 e. The van der Waals surface area contributed by atoms with Gasteiger partial charge in [0.2, 0.25) is 5.75 Å². The molecular formula is C43H43N7O5. The molecule has 0 unspecified atom stereocenters. The Bertz CT molecular complexity index is 2450. The highest BCUT2D eigenvalue weighted by Crippen LogP contribution is 2.56. The van der Waals surface area contributed by atoms with Crippen molar-refractivity contribution in [3.63, 3.8) is 0 Å². The average molecular weight is 738 g/mol. The molecule has 0 saturated carbocycles. The number of anilines is 1. The highest BCUT2D eigenvalue weighted by molar-refractivity contribution is 5.81. The monoisotopic (exact) mass is 737 g/mol. The maximum absolute atomic E-state index is 7.05. The lowest BCUT2D eigenvalue weighted by atomic mass is 9.86. The molecule has 7 heterocycles. The molecule has 12 nitrogen and oxygen atoms in total. The van der Waals surface area contributed by atoms with Crippen molar-refractivity contribution in [2.24, 2.45) is 0 Å². The normalized spacial score (nSPS) is 18.6. The number of methoxy groups -OCH3 is 2. The first-order chi connectivity index (χ1) is 26.9. The third-order valence-electron chi connectivity index (χ3n) is 11.8. The van der Waals surface area contributed by atoms with Crippen LogP contribution in [0.4, 0.5) is 5.82 Å². The minimum Gasteiger partial charge on any atom is -0.493 e. The number of hydrogen-bond acceptors (Lipinski definition) is 11. The van der Waals surface area contributed by atoms with Crippen molar-refractivity contribution in [1.29, 1.82) is 0 Å². The molecule has 7 bridgehead atoms. The predicted octanol–water partition coefficient (Wildman–Crippen LogP) is 7.43. The van der Waals surface area contributed by atoms with E-state index in [0.717, 1.165) is 98.1 Å². The van der Waals surface area contributed by atoms with E-state index in [9.17, 15) is 0 Å². The van der Waals surface area contributed by atoms with Gasteiger partial charge in [-0.1, -0.05) is 18.2 Å². The van der Waals surface area contributed by atoms with Gasteiger partial charge in [-0.05, 0) is 109 Å². The summed E-state index contributed by atoms with van der Waals surface area (Å²) in [6.07, 6.45) is 7.54. The number of nitrogens with two attached hydrogens (primary N) is 1. The first kappa shape index (κ1) is 33.7. The number of ether oxygens (including phenoxy) is 5. The molecule has 5 aliphatic rings. The maximum atomic E-state index is 7.05. The number of nitrogen functional groups attached to an aromatic ring is 1. The summed E-state index contributed by atoms with van der Waals surface area (Å²) in [7, 11) is 5.58. The molecule has 12 heteroatoms. The highest BCUT2D eigenvalue weighted by atomic mass is 16.6. The van der Waals surface area contributed by atoms with Gasteiger partial charge < -0.3 is 34.0 Å². The Balaban J connectivity index is 1.07. The van der Waals surface area contributed by atoms with Crippen molar-refractivity contribution in [2.45, 2.75) is 50.7 Å². The maximum Gasteiger partial charge on any atom is 0.212 e. The van der Waals surface area contributed by atoms with E-state index in [0.29, 0.717) is 34.3 Å². The number of fused-ring (bicyclic) bond motifs is 3. The standard InChI is InChI=1S/C43H43N7O5/c1-48-15-11-28-21-37(52-3)40-41-38(28)32(48)17-25-5-8-29(9-6-25)53-34-19-26(7-10-33(34)51-2)18-31-30-22-36(55-41)35(54-40)20-27(30)12-16-49(31)13-4-14-50-24-47-39-42(44)45-23-46-43(39)50/h5-10,19-24,31-32H,4,11-18H2,1-3H3,(H2,44,45,46)/t31-,32-/m0/s1. The fourth-order valence-electron chi connectivity index (χ4n) is 8.88. The van der Waals surface area contributed by atoms with Crippen molar-refractivity contribution in [3.05, 3.63) is 107 Å². The van der Waals surface area contributed by atoms with Crippen LogP contribution in [0.2, 0.25) is 0 Å². The second-order valence-corrected chi connectivity index (χ2v) is 14.9. The first-order valence-corrected chi connectivity index (χ1v) is 19.0. The van der Waals surface area contributed by atoms with E-state index >= 15 is 0 Å². The molecule has 2 aromatic heterocycles. The molecule has 6 aromatic rings. The van der Waals surface area contributed by atoms with Gasteiger partial charge in [0.15, 0.2) is 46.0 Å². The Labute approximate surface area is 319 Å². The van der Waals surface area contributed by atoms with Gasteiger partial charge in [0.05, 0.1) is 20.5 Å². The van der Waals surface area contributed by atoms with Crippen molar-refractivity contribution in [3.8, 4) is 46.0 Å². The first-order valence-electron chi connectivity index (χ1n) is 19.0. The molecule has 0 spiro atoms. The minimum atomic E-state index is 0.0640. The minimum absolute atomic E-state index is 0.0640. The van der Waals surface area contributed by atoms with E-state index in [1.165, 1.54) is 28.6 Å². The van der Waals surface area contributed by atoms with Crippen LogP contribution in [0.5, 0.6) is 46.0 Å². The van der Waals surface area contributed by atoms with Crippen LogP contribution in [-0.2, 0) is 32.2 Å². The van der Waals surface area contributed by atoms with Crippen molar-refractivity contribution in [2.75, 3.05) is 46.6 Å². The van der Waals surface area contributed by atoms with E-state index in [2.05, 4.69) is 78.8 Å². The van der Waals surface area contributed by atoms with Gasteiger partial charge in [0, 0.05) is 43.8 Å². The summed E-state index contributed by atoms with van der Waals surface area (Å²) in [5.74, 6) is 6.08. The molecule has 11 rings (SSSR count). The molecule has 0 radical (unpaired) electrons. The molecule has 0 aliphatic carbocycles. The summed E-state index contributed by atoms with van der Waals surface area (Å²) in [6, 6.07) is 21.4. The van der Waals surface area contributed by atoms with Gasteiger partial charge in [-0.3, -0.25) is 9.80 Å². The van der Waals surface area contributed by atoms with E-state index in [1.807, 2.05) is 24.5 Å². The van der Waals surface area contributed by atoms with Crippen LogP contribution in [-0.4, -0.2) is 70.2 Å². The average Bonchev–Trinajstić information content (AvgIpc) is 3.62. The quantitative estimate of drug-likeness (QED) is 0.183. The lowest BCUT2D eigenvalue weighted by Gasteiger charge is -2.40.